The van der Waals surface area contributed by atoms with Crippen LogP contribution in [0.1, 0.15) is 32.3 Å². The first-order valence-corrected chi connectivity index (χ1v) is 16.2. The van der Waals surface area contributed by atoms with E-state index in [0.717, 1.165) is 12.1 Å². The van der Waals surface area contributed by atoms with E-state index in [9.17, 15) is 27.6 Å². The molecule has 0 aliphatic rings. The highest BCUT2D eigenvalue weighted by Gasteiger charge is 2.31. The van der Waals surface area contributed by atoms with E-state index in [1.165, 1.54) is 30.0 Å². The first kappa shape index (κ1) is 35.3. The van der Waals surface area contributed by atoms with Gasteiger partial charge in [0.15, 0.2) is 0 Å². The molecule has 0 aromatic heterocycles. The summed E-state index contributed by atoms with van der Waals surface area (Å²) < 4.78 is 39.8. The summed E-state index contributed by atoms with van der Waals surface area (Å²) >= 11 is 13.9. The number of rotatable bonds is 10. The van der Waals surface area contributed by atoms with Crippen molar-refractivity contribution in [3.8, 4) is 0 Å². The van der Waals surface area contributed by atoms with Crippen molar-refractivity contribution >= 4 is 70.1 Å². The minimum Gasteiger partial charge on any atom is -0.325 e. The molecule has 0 aliphatic carbocycles. The summed E-state index contributed by atoms with van der Waals surface area (Å²) in [6.45, 7) is 0. The van der Waals surface area contributed by atoms with Gasteiger partial charge in [-0.05, 0) is 78.4 Å². The molecule has 248 valence electrons. The van der Waals surface area contributed by atoms with Gasteiger partial charge in [-0.3, -0.25) is 14.4 Å². The maximum atomic E-state index is 13.5. The standard InChI is InChI=1S/C37H26Cl2F3N3O3S/c38-30-15-8-16-31(39)29(30)22-32(45-34(46)24-11-5-2-6-12-24)35(47)43-26-17-19-28(20-18-26)49-33(23-9-3-1-4-10-23)36(48)44-27-14-7-13-25(21-27)37(40,41)42/h1-22,33H,(H,43,47)(H,44,48)(H,45,46)/b32-22-. The second-order valence-corrected chi connectivity index (χ2v) is 12.5. The lowest BCUT2D eigenvalue weighted by atomic mass is 10.1. The lowest BCUT2D eigenvalue weighted by Gasteiger charge is -2.18. The van der Waals surface area contributed by atoms with Crippen LogP contribution < -0.4 is 16.0 Å². The van der Waals surface area contributed by atoms with Crippen LogP contribution in [0.25, 0.3) is 6.08 Å². The van der Waals surface area contributed by atoms with Gasteiger partial charge < -0.3 is 16.0 Å². The van der Waals surface area contributed by atoms with E-state index >= 15 is 0 Å². The monoisotopic (exact) mass is 719 g/mol. The second kappa shape index (κ2) is 15.9. The average Bonchev–Trinajstić information content (AvgIpc) is 3.09. The highest BCUT2D eigenvalue weighted by Crippen LogP contribution is 2.37. The normalized spacial score (nSPS) is 12.1. The minimum absolute atomic E-state index is 0.0145. The van der Waals surface area contributed by atoms with Gasteiger partial charge in [-0.25, -0.2) is 0 Å². The number of benzene rings is 5. The number of alkyl halides is 3. The topological polar surface area (TPSA) is 87.3 Å². The summed E-state index contributed by atoms with van der Waals surface area (Å²) in [5.74, 6) is -1.69. The minimum atomic E-state index is -4.56. The van der Waals surface area contributed by atoms with Crippen molar-refractivity contribution in [3.05, 3.63) is 165 Å². The summed E-state index contributed by atoms with van der Waals surface area (Å²) in [5.41, 5.74) is 0.711. The van der Waals surface area contributed by atoms with Crippen LogP contribution >= 0.6 is 35.0 Å². The molecule has 49 heavy (non-hydrogen) atoms. The Morgan fingerprint density at radius 3 is 1.94 bits per heavy atom. The Balaban J connectivity index is 1.35. The number of anilines is 2. The van der Waals surface area contributed by atoms with E-state index in [4.69, 9.17) is 23.2 Å². The van der Waals surface area contributed by atoms with Crippen LogP contribution in [-0.4, -0.2) is 17.7 Å². The lowest BCUT2D eigenvalue weighted by Crippen LogP contribution is -2.30. The molecular weight excluding hydrogens is 694 g/mol. The Morgan fingerprint density at radius 1 is 0.694 bits per heavy atom. The maximum absolute atomic E-state index is 13.5. The van der Waals surface area contributed by atoms with Crippen LogP contribution in [-0.2, 0) is 15.8 Å². The molecule has 5 aromatic rings. The number of carbonyl (C=O) groups is 3. The third kappa shape index (κ3) is 9.54. The van der Waals surface area contributed by atoms with Gasteiger partial charge in [0.1, 0.15) is 10.9 Å². The summed E-state index contributed by atoms with van der Waals surface area (Å²) in [6.07, 6.45) is -3.17. The van der Waals surface area contributed by atoms with E-state index in [-0.39, 0.29) is 21.4 Å². The number of hydrogen-bond donors (Lipinski definition) is 3. The Kier molecular flexibility index (Phi) is 11.5. The second-order valence-electron chi connectivity index (χ2n) is 10.5. The lowest BCUT2D eigenvalue weighted by molar-refractivity contribution is -0.137. The van der Waals surface area contributed by atoms with Crippen LogP contribution in [0.2, 0.25) is 10.0 Å². The van der Waals surface area contributed by atoms with Crippen molar-refractivity contribution in [1.29, 1.82) is 0 Å². The molecule has 0 saturated carbocycles. The molecule has 3 N–H and O–H groups in total. The Bertz CT molecular complexity index is 1970. The largest absolute Gasteiger partial charge is 0.416 e. The van der Waals surface area contributed by atoms with Crippen molar-refractivity contribution < 1.29 is 27.6 Å². The number of nitrogens with one attached hydrogen (secondary N) is 3. The molecule has 0 heterocycles. The Morgan fingerprint density at radius 2 is 1.31 bits per heavy atom. The first-order valence-electron chi connectivity index (χ1n) is 14.6. The molecule has 0 bridgehead atoms. The fourth-order valence-corrected chi connectivity index (χ4v) is 6.10. The fraction of sp³-hybridized carbons (Fsp3) is 0.0541. The number of carbonyl (C=O) groups excluding carboxylic acids is 3. The van der Waals surface area contributed by atoms with Gasteiger partial charge in [0.2, 0.25) is 5.91 Å². The predicted octanol–water partition coefficient (Wildman–Crippen LogP) is 9.89. The number of hydrogen-bond acceptors (Lipinski definition) is 4. The quantitative estimate of drug-likeness (QED) is 0.0991. The maximum Gasteiger partial charge on any atom is 0.416 e. The van der Waals surface area contributed by atoms with Gasteiger partial charge in [0.05, 0.1) is 5.56 Å². The van der Waals surface area contributed by atoms with Gasteiger partial charge in [-0.1, -0.05) is 83.9 Å². The van der Waals surface area contributed by atoms with Crippen LogP contribution in [0.15, 0.2) is 138 Å². The number of thioether (sulfide) groups is 1. The molecule has 5 rings (SSSR count). The summed E-state index contributed by atoms with van der Waals surface area (Å²) in [4.78, 5) is 40.5. The van der Waals surface area contributed by atoms with Crippen LogP contribution in [0.3, 0.4) is 0 Å². The van der Waals surface area contributed by atoms with Crippen molar-refractivity contribution in [2.75, 3.05) is 10.6 Å². The molecule has 3 amide bonds. The molecular formula is C37H26Cl2F3N3O3S. The zero-order chi connectivity index (χ0) is 35.0. The van der Waals surface area contributed by atoms with Gasteiger partial charge in [-0.2, -0.15) is 13.2 Å². The Labute approximate surface area is 294 Å². The van der Waals surface area contributed by atoms with Crippen molar-refractivity contribution in [3.63, 3.8) is 0 Å². The molecule has 0 fully saturated rings. The smallest absolute Gasteiger partial charge is 0.325 e. The summed E-state index contributed by atoms with van der Waals surface area (Å²) in [6, 6.07) is 33.1. The SMILES string of the molecule is O=C(Nc1ccc(SC(C(=O)Nc2cccc(C(F)(F)F)c2)c2ccccc2)cc1)/C(=C/c1c(Cl)cccc1Cl)NC(=O)c1ccccc1. The van der Waals surface area contributed by atoms with Gasteiger partial charge in [0, 0.05) is 37.4 Å². The molecule has 0 spiro atoms. The fourth-order valence-electron chi connectivity index (χ4n) is 4.57. The van der Waals surface area contributed by atoms with Crippen molar-refractivity contribution in [1.82, 2.24) is 5.32 Å². The highest BCUT2D eigenvalue weighted by molar-refractivity contribution is 8.00. The van der Waals surface area contributed by atoms with Gasteiger partial charge >= 0.3 is 6.18 Å². The predicted molar refractivity (Wildman–Crippen MR) is 189 cm³/mol. The van der Waals surface area contributed by atoms with E-state index < -0.39 is 34.7 Å². The van der Waals surface area contributed by atoms with E-state index in [1.54, 1.807) is 103 Å². The molecule has 1 atom stereocenters. The van der Waals surface area contributed by atoms with Gasteiger partial charge in [-0.15, -0.1) is 11.8 Å². The molecule has 12 heteroatoms. The molecule has 0 saturated heterocycles. The molecule has 0 radical (unpaired) electrons. The molecule has 5 aromatic carbocycles. The van der Waals surface area contributed by atoms with Crippen LogP contribution in [0, 0.1) is 0 Å². The third-order valence-corrected chi connectivity index (χ3v) is 8.91. The average molecular weight is 721 g/mol. The number of amides is 3. The highest BCUT2D eigenvalue weighted by atomic mass is 35.5. The molecule has 1 unspecified atom stereocenters. The zero-order valence-electron chi connectivity index (χ0n) is 25.3. The van der Waals surface area contributed by atoms with Crippen molar-refractivity contribution in [2.24, 2.45) is 0 Å². The van der Waals surface area contributed by atoms with Gasteiger partial charge in [0.25, 0.3) is 11.8 Å². The number of halogens is 5. The zero-order valence-corrected chi connectivity index (χ0v) is 27.6. The Hall–Kier alpha value is -5.03. The van der Waals surface area contributed by atoms with E-state index in [2.05, 4.69) is 16.0 Å². The molecule has 0 aliphatic heterocycles. The van der Waals surface area contributed by atoms with E-state index in [0.29, 0.717) is 27.3 Å². The summed E-state index contributed by atoms with van der Waals surface area (Å²) in [7, 11) is 0. The van der Waals surface area contributed by atoms with Crippen LogP contribution in [0.4, 0.5) is 24.5 Å². The third-order valence-electron chi connectivity index (χ3n) is 6.98. The van der Waals surface area contributed by atoms with E-state index in [1.807, 2.05) is 0 Å². The molecule has 6 nitrogen and oxygen atoms in total. The first-order chi connectivity index (χ1) is 23.5. The van der Waals surface area contributed by atoms with Crippen molar-refractivity contribution in [2.45, 2.75) is 16.3 Å². The summed E-state index contributed by atoms with van der Waals surface area (Å²) in [5, 5.41) is 7.73. The van der Waals surface area contributed by atoms with Crippen LogP contribution in [0.5, 0.6) is 0 Å².